The molecule has 0 aromatic carbocycles. The number of likely N-dealkylation sites (tertiary alicyclic amines) is 1. The van der Waals surface area contributed by atoms with Crippen molar-refractivity contribution in [3.8, 4) is 0 Å². The Kier molecular flexibility index (Phi) is 8.44. The predicted octanol–water partition coefficient (Wildman–Crippen LogP) is 3.38. The van der Waals surface area contributed by atoms with Gasteiger partial charge in [-0.3, -0.25) is 4.79 Å². The molecule has 0 N–H and O–H groups in total. The van der Waals surface area contributed by atoms with E-state index in [-0.39, 0.29) is 11.9 Å². The van der Waals surface area contributed by atoms with E-state index in [1.807, 2.05) is 11.8 Å². The number of carbonyl (C=O) groups is 1. The van der Waals surface area contributed by atoms with Crippen molar-refractivity contribution in [2.45, 2.75) is 23.5 Å². The summed E-state index contributed by atoms with van der Waals surface area (Å²) in [4.78, 5) is 14.5. The highest BCUT2D eigenvalue weighted by Crippen LogP contribution is 2.29. The summed E-state index contributed by atoms with van der Waals surface area (Å²) in [6, 6.07) is 4.25. The maximum absolute atomic E-state index is 12.1. The normalized spacial score (nSPS) is 22.2. The zero-order chi connectivity index (χ0) is 16.5. The van der Waals surface area contributed by atoms with Crippen LogP contribution in [0.5, 0.6) is 0 Å². The largest absolute Gasteiger partial charge is 0.469 e. The number of thiophene rings is 1. The van der Waals surface area contributed by atoms with Gasteiger partial charge in [-0.25, -0.2) is 0 Å². The van der Waals surface area contributed by atoms with Crippen LogP contribution >= 0.6 is 23.1 Å². The molecule has 4 nitrogen and oxygen atoms in total. The summed E-state index contributed by atoms with van der Waals surface area (Å²) in [7, 11) is 3.23. The number of rotatable bonds is 9. The molecule has 0 bridgehead atoms. The van der Waals surface area contributed by atoms with Crippen LogP contribution in [0.3, 0.4) is 0 Å². The van der Waals surface area contributed by atoms with Gasteiger partial charge in [-0.05, 0) is 43.2 Å². The number of piperidine rings is 1. The molecule has 2 unspecified atom stereocenters. The number of methoxy groups -OCH3 is 2. The molecule has 0 radical (unpaired) electrons. The quantitative estimate of drug-likeness (QED) is 0.385. The Bertz CT molecular complexity index is 453. The van der Waals surface area contributed by atoms with Gasteiger partial charge in [0.25, 0.3) is 0 Å². The number of thioether (sulfide) groups is 1. The Hall–Kier alpha value is -0.560. The van der Waals surface area contributed by atoms with Gasteiger partial charge in [0.15, 0.2) is 0 Å². The number of carbonyl (C=O) groups excluding carboxylic acids is 1. The van der Waals surface area contributed by atoms with E-state index >= 15 is 0 Å². The average molecular weight is 358 g/mol. The first-order valence-electron chi connectivity index (χ1n) is 8.20. The highest BCUT2D eigenvalue weighted by molar-refractivity contribution is 8.01. The predicted molar refractivity (Wildman–Crippen MR) is 96.2 cm³/mol. The molecular weight excluding hydrogens is 330 g/mol. The van der Waals surface area contributed by atoms with E-state index in [4.69, 9.17) is 9.47 Å². The van der Waals surface area contributed by atoms with Crippen molar-refractivity contribution in [2.24, 2.45) is 11.8 Å². The van der Waals surface area contributed by atoms with Crippen LogP contribution in [0.1, 0.15) is 19.3 Å². The molecule has 1 aromatic heterocycles. The van der Waals surface area contributed by atoms with E-state index < -0.39 is 0 Å². The van der Waals surface area contributed by atoms with Gasteiger partial charge < -0.3 is 14.4 Å². The van der Waals surface area contributed by atoms with Crippen molar-refractivity contribution in [3.63, 3.8) is 0 Å². The number of hydrogen-bond acceptors (Lipinski definition) is 6. The van der Waals surface area contributed by atoms with Crippen molar-refractivity contribution < 1.29 is 14.3 Å². The van der Waals surface area contributed by atoms with E-state index in [9.17, 15) is 4.79 Å². The lowest BCUT2D eigenvalue weighted by atomic mass is 9.82. The summed E-state index contributed by atoms with van der Waals surface area (Å²) in [5.41, 5.74) is 0. The second-order valence-corrected chi connectivity index (χ2v) is 8.24. The molecular formula is C17H27NO3S2. The Morgan fingerprint density at radius 3 is 3.04 bits per heavy atom. The third kappa shape index (κ3) is 6.10. The zero-order valence-corrected chi connectivity index (χ0v) is 15.7. The van der Waals surface area contributed by atoms with Gasteiger partial charge >= 0.3 is 5.97 Å². The topological polar surface area (TPSA) is 38.8 Å². The summed E-state index contributed by atoms with van der Waals surface area (Å²) in [5.74, 6) is 1.46. The summed E-state index contributed by atoms with van der Waals surface area (Å²) in [5, 5.41) is 2.11. The Balaban J connectivity index is 1.79. The molecule has 1 aliphatic heterocycles. The molecule has 1 saturated heterocycles. The van der Waals surface area contributed by atoms with Crippen LogP contribution in [0.15, 0.2) is 21.7 Å². The minimum Gasteiger partial charge on any atom is -0.469 e. The van der Waals surface area contributed by atoms with Gasteiger partial charge in [0.05, 0.1) is 17.2 Å². The molecule has 23 heavy (non-hydrogen) atoms. The number of esters is 1. The fraction of sp³-hybridized carbons (Fsp3) is 0.706. The molecule has 0 spiro atoms. The second-order valence-electron chi connectivity index (χ2n) is 5.89. The Labute approximate surface area is 147 Å². The fourth-order valence-electron chi connectivity index (χ4n) is 3.15. The van der Waals surface area contributed by atoms with Crippen molar-refractivity contribution >= 4 is 29.1 Å². The van der Waals surface area contributed by atoms with Crippen LogP contribution < -0.4 is 0 Å². The summed E-state index contributed by atoms with van der Waals surface area (Å²) < 4.78 is 11.5. The summed E-state index contributed by atoms with van der Waals surface area (Å²) >= 11 is 3.69. The van der Waals surface area contributed by atoms with Gasteiger partial charge in [0.2, 0.25) is 0 Å². The number of ether oxygens (including phenoxy) is 2. The molecule has 0 amide bonds. The van der Waals surface area contributed by atoms with Crippen molar-refractivity contribution in [1.82, 2.24) is 4.90 Å². The number of hydrogen-bond donors (Lipinski definition) is 0. The highest BCUT2D eigenvalue weighted by Gasteiger charge is 2.34. The molecule has 1 fully saturated rings. The van der Waals surface area contributed by atoms with E-state index in [0.717, 1.165) is 51.3 Å². The second kappa shape index (κ2) is 10.3. The molecule has 2 atom stereocenters. The Morgan fingerprint density at radius 1 is 1.48 bits per heavy atom. The first-order valence-corrected chi connectivity index (χ1v) is 10.1. The lowest BCUT2D eigenvalue weighted by Crippen LogP contribution is -2.45. The van der Waals surface area contributed by atoms with Gasteiger partial charge in [0, 0.05) is 32.6 Å². The molecule has 1 aromatic rings. The van der Waals surface area contributed by atoms with Crippen LogP contribution in [-0.2, 0) is 14.3 Å². The molecule has 2 heterocycles. The fourth-order valence-corrected chi connectivity index (χ4v) is 5.01. The van der Waals surface area contributed by atoms with Crippen LogP contribution in [0.25, 0.3) is 0 Å². The zero-order valence-electron chi connectivity index (χ0n) is 14.0. The number of nitrogens with zero attached hydrogens (tertiary/aromatic N) is 1. The minimum atomic E-state index is -0.0528. The molecule has 130 valence electrons. The van der Waals surface area contributed by atoms with Crippen LogP contribution in [0, 0.1) is 11.8 Å². The molecule has 0 aliphatic carbocycles. The molecule has 0 saturated carbocycles. The summed E-state index contributed by atoms with van der Waals surface area (Å²) in [6.45, 7) is 3.71. The maximum atomic E-state index is 12.1. The van der Waals surface area contributed by atoms with Crippen LogP contribution in [0.2, 0.25) is 0 Å². The lowest BCUT2D eigenvalue weighted by molar-refractivity contribution is -0.150. The third-order valence-corrected chi connectivity index (χ3v) is 6.53. The maximum Gasteiger partial charge on any atom is 0.310 e. The monoisotopic (exact) mass is 357 g/mol. The van der Waals surface area contributed by atoms with Gasteiger partial charge in [-0.15, -0.1) is 23.1 Å². The minimum absolute atomic E-state index is 0.0114. The SMILES string of the molecule is COCCCC1CCN(CCSc2cccs2)CC1C(=O)OC. The van der Waals surface area contributed by atoms with Crippen LogP contribution in [0.4, 0.5) is 0 Å². The van der Waals surface area contributed by atoms with Crippen molar-refractivity contribution in [2.75, 3.05) is 46.2 Å². The van der Waals surface area contributed by atoms with Crippen molar-refractivity contribution in [3.05, 3.63) is 17.5 Å². The molecule has 2 rings (SSSR count). The summed E-state index contributed by atoms with van der Waals surface area (Å²) in [6.07, 6.45) is 3.14. The lowest BCUT2D eigenvalue weighted by Gasteiger charge is -2.37. The highest BCUT2D eigenvalue weighted by atomic mass is 32.2. The van der Waals surface area contributed by atoms with Gasteiger partial charge in [0.1, 0.15) is 0 Å². The average Bonchev–Trinajstić information content (AvgIpc) is 3.08. The van der Waals surface area contributed by atoms with E-state index in [2.05, 4.69) is 22.4 Å². The standard InChI is InChI=1S/C17H27NO3S2/c1-20-10-3-5-14-7-8-18(13-15(14)17(19)21-2)9-12-23-16-6-4-11-22-16/h4,6,11,14-15H,3,5,7-10,12-13H2,1-2H3. The van der Waals surface area contributed by atoms with E-state index in [1.165, 1.54) is 11.3 Å². The first kappa shape index (κ1) is 18.8. The van der Waals surface area contributed by atoms with E-state index in [1.54, 1.807) is 18.4 Å². The smallest absolute Gasteiger partial charge is 0.310 e. The molecule has 6 heteroatoms. The van der Waals surface area contributed by atoms with Gasteiger partial charge in [-0.1, -0.05) is 6.07 Å². The van der Waals surface area contributed by atoms with E-state index in [0.29, 0.717) is 5.92 Å². The van der Waals surface area contributed by atoms with Crippen LogP contribution in [-0.4, -0.2) is 57.1 Å². The van der Waals surface area contributed by atoms with Gasteiger partial charge in [-0.2, -0.15) is 0 Å². The van der Waals surface area contributed by atoms with Crippen molar-refractivity contribution in [1.29, 1.82) is 0 Å². The first-order chi connectivity index (χ1) is 11.2. The Morgan fingerprint density at radius 2 is 2.35 bits per heavy atom. The molecule has 1 aliphatic rings. The third-order valence-electron chi connectivity index (χ3n) is 4.41.